The molecule has 2 aromatic carbocycles. The highest BCUT2D eigenvalue weighted by Gasteiger charge is 2.17. The minimum absolute atomic E-state index is 0.252. The van der Waals surface area contributed by atoms with E-state index in [4.69, 9.17) is 0 Å². The van der Waals surface area contributed by atoms with Gasteiger partial charge in [0.05, 0.1) is 21.2 Å². The van der Waals surface area contributed by atoms with Crippen molar-refractivity contribution >= 4 is 32.9 Å². The first kappa shape index (κ1) is 24.6. The molecule has 7 heteroatoms. The number of hydrogen-bond acceptors (Lipinski definition) is 4. The lowest BCUT2D eigenvalue weighted by atomic mass is 10.3. The van der Waals surface area contributed by atoms with Gasteiger partial charge in [-0.1, -0.05) is 0 Å². The molecule has 0 amide bonds. The van der Waals surface area contributed by atoms with E-state index in [0.29, 0.717) is 0 Å². The summed E-state index contributed by atoms with van der Waals surface area (Å²) in [6.07, 6.45) is 0. The number of benzene rings is 2. The molecule has 2 rings (SSSR count). The first-order valence-corrected chi connectivity index (χ1v) is 12.3. The van der Waals surface area contributed by atoms with Crippen LogP contribution in [-0.4, -0.2) is 56.1 Å². The highest BCUT2D eigenvalue weighted by atomic mass is 32.2. The third-order valence-electron chi connectivity index (χ3n) is 5.32. The van der Waals surface area contributed by atoms with Crippen LogP contribution >= 0.6 is 0 Å². The van der Waals surface area contributed by atoms with Crippen LogP contribution in [0.4, 0.5) is 11.4 Å². The highest BCUT2D eigenvalue weighted by Crippen LogP contribution is 2.25. The zero-order valence-corrected chi connectivity index (χ0v) is 20.3. The van der Waals surface area contributed by atoms with Gasteiger partial charge in [-0.15, -0.1) is 0 Å². The van der Waals surface area contributed by atoms with Crippen LogP contribution in [0, 0.1) is 0 Å². The number of amidine groups is 2. The van der Waals surface area contributed by atoms with Gasteiger partial charge in [-0.2, -0.15) is 0 Å². The summed E-state index contributed by atoms with van der Waals surface area (Å²) in [4.78, 5) is 14.0. The lowest BCUT2D eigenvalue weighted by molar-refractivity contribution is 0.463. The lowest BCUT2D eigenvalue weighted by Crippen LogP contribution is -2.27. The summed E-state index contributed by atoms with van der Waals surface area (Å²) in [5, 5.41) is 0. The monoisotopic (exact) mass is 442 g/mol. The minimum Gasteiger partial charge on any atom is -0.361 e. The average molecular weight is 443 g/mol. The molecule has 0 radical (unpaired) electrons. The van der Waals surface area contributed by atoms with E-state index in [9.17, 15) is 8.42 Å². The smallest absolute Gasteiger partial charge is 0.206 e. The van der Waals surface area contributed by atoms with Crippen molar-refractivity contribution in [3.8, 4) is 0 Å². The predicted molar refractivity (Wildman–Crippen MR) is 130 cm³/mol. The van der Waals surface area contributed by atoms with E-state index in [1.807, 2.05) is 13.8 Å². The summed E-state index contributed by atoms with van der Waals surface area (Å²) in [6, 6.07) is 13.4. The van der Waals surface area contributed by atoms with E-state index in [0.717, 1.165) is 49.2 Å². The van der Waals surface area contributed by atoms with Crippen LogP contribution in [0.1, 0.15) is 41.5 Å². The SMILES string of the molecule is CCN(CC)C(C)=Nc1ccc(S(=O)(=O)c2ccc(N=C(C)N(CC)CC)cc2)cc1. The molecule has 0 saturated carbocycles. The van der Waals surface area contributed by atoms with Crippen LogP contribution in [0.25, 0.3) is 0 Å². The maximum Gasteiger partial charge on any atom is 0.206 e. The van der Waals surface area contributed by atoms with E-state index in [1.54, 1.807) is 48.5 Å². The number of hydrogen-bond donors (Lipinski definition) is 0. The summed E-state index contributed by atoms with van der Waals surface area (Å²) in [5.41, 5.74) is 1.47. The molecule has 0 aliphatic rings. The summed E-state index contributed by atoms with van der Waals surface area (Å²) >= 11 is 0. The largest absolute Gasteiger partial charge is 0.361 e. The second-order valence-electron chi connectivity index (χ2n) is 7.15. The van der Waals surface area contributed by atoms with E-state index < -0.39 is 9.84 Å². The fourth-order valence-corrected chi connectivity index (χ4v) is 4.67. The molecule has 0 saturated heterocycles. The topological polar surface area (TPSA) is 65.3 Å². The Balaban J connectivity index is 2.24. The molecule has 31 heavy (non-hydrogen) atoms. The van der Waals surface area contributed by atoms with Gasteiger partial charge in [0.25, 0.3) is 0 Å². The Morgan fingerprint density at radius 3 is 1.19 bits per heavy atom. The van der Waals surface area contributed by atoms with Gasteiger partial charge in [-0.25, -0.2) is 18.4 Å². The van der Waals surface area contributed by atoms with Gasteiger partial charge in [-0.05, 0) is 90.1 Å². The molecule has 0 unspecified atom stereocenters. The number of rotatable bonds is 8. The van der Waals surface area contributed by atoms with Crippen molar-refractivity contribution in [3.63, 3.8) is 0 Å². The van der Waals surface area contributed by atoms with Gasteiger partial charge in [-0.3, -0.25) is 0 Å². The van der Waals surface area contributed by atoms with Crippen LogP contribution in [0.3, 0.4) is 0 Å². The van der Waals surface area contributed by atoms with Crippen molar-refractivity contribution in [2.45, 2.75) is 51.3 Å². The molecule has 0 aromatic heterocycles. The van der Waals surface area contributed by atoms with Crippen molar-refractivity contribution in [1.82, 2.24) is 9.80 Å². The molecule has 0 spiro atoms. The molecule has 0 heterocycles. The third-order valence-corrected chi connectivity index (χ3v) is 7.10. The predicted octanol–water partition coefficient (Wildman–Crippen LogP) is 5.30. The van der Waals surface area contributed by atoms with Crippen LogP contribution in [0.2, 0.25) is 0 Å². The first-order chi connectivity index (χ1) is 14.8. The molecule has 0 aliphatic carbocycles. The minimum atomic E-state index is -3.60. The van der Waals surface area contributed by atoms with E-state index in [-0.39, 0.29) is 9.79 Å². The van der Waals surface area contributed by atoms with Gasteiger partial charge >= 0.3 is 0 Å². The molecule has 0 bridgehead atoms. The van der Waals surface area contributed by atoms with Gasteiger partial charge in [0, 0.05) is 26.2 Å². The normalized spacial score (nSPS) is 12.7. The van der Waals surface area contributed by atoms with E-state index in [1.165, 1.54) is 0 Å². The summed E-state index contributed by atoms with van der Waals surface area (Å²) < 4.78 is 26.0. The van der Waals surface area contributed by atoms with Crippen LogP contribution in [0.5, 0.6) is 0 Å². The Kier molecular flexibility index (Phi) is 8.80. The molecule has 0 atom stereocenters. The Morgan fingerprint density at radius 1 is 0.645 bits per heavy atom. The van der Waals surface area contributed by atoms with Crippen molar-refractivity contribution in [2.24, 2.45) is 9.98 Å². The Hall–Kier alpha value is -2.67. The fourth-order valence-electron chi connectivity index (χ4n) is 3.41. The van der Waals surface area contributed by atoms with Gasteiger partial charge in [0.1, 0.15) is 11.7 Å². The maximum atomic E-state index is 13.0. The first-order valence-electron chi connectivity index (χ1n) is 10.8. The summed E-state index contributed by atoms with van der Waals surface area (Å²) in [7, 11) is -3.60. The zero-order chi connectivity index (χ0) is 23.0. The van der Waals surface area contributed by atoms with Crippen molar-refractivity contribution in [3.05, 3.63) is 48.5 Å². The molecule has 6 nitrogen and oxygen atoms in total. The Morgan fingerprint density at radius 2 is 0.935 bits per heavy atom. The molecule has 168 valence electrons. The molecular weight excluding hydrogens is 408 g/mol. The van der Waals surface area contributed by atoms with E-state index in [2.05, 4.69) is 47.5 Å². The Bertz CT molecular complexity index is 925. The maximum absolute atomic E-state index is 13.0. The third kappa shape index (κ3) is 6.17. The second kappa shape index (κ2) is 11.1. The lowest BCUT2D eigenvalue weighted by Gasteiger charge is -2.20. The van der Waals surface area contributed by atoms with Crippen molar-refractivity contribution < 1.29 is 8.42 Å². The molecule has 0 aliphatic heterocycles. The summed E-state index contributed by atoms with van der Waals surface area (Å²) in [5.74, 6) is 1.83. The second-order valence-corrected chi connectivity index (χ2v) is 9.10. The van der Waals surface area contributed by atoms with E-state index >= 15 is 0 Å². The molecular formula is C24H34N4O2S. The molecule has 0 fully saturated rings. The van der Waals surface area contributed by atoms with Gasteiger partial charge in [0.2, 0.25) is 9.84 Å². The summed E-state index contributed by atoms with van der Waals surface area (Å²) in [6.45, 7) is 15.8. The molecule has 0 N–H and O–H groups in total. The Labute approximate surface area is 187 Å². The van der Waals surface area contributed by atoms with Crippen LogP contribution < -0.4 is 0 Å². The van der Waals surface area contributed by atoms with Crippen molar-refractivity contribution in [2.75, 3.05) is 26.2 Å². The zero-order valence-electron chi connectivity index (χ0n) is 19.5. The van der Waals surface area contributed by atoms with Crippen LogP contribution in [-0.2, 0) is 9.84 Å². The van der Waals surface area contributed by atoms with Gasteiger partial charge in [0.15, 0.2) is 0 Å². The fraction of sp³-hybridized carbons (Fsp3) is 0.417. The quantitative estimate of drug-likeness (QED) is 0.411. The van der Waals surface area contributed by atoms with Crippen LogP contribution in [0.15, 0.2) is 68.3 Å². The van der Waals surface area contributed by atoms with Gasteiger partial charge < -0.3 is 9.80 Å². The number of aliphatic imine (C=N–C) groups is 2. The standard InChI is InChI=1S/C24H34N4O2S/c1-7-27(8-2)19(5)25-21-11-15-23(16-12-21)31(29,30)24-17-13-22(14-18-24)26-20(6)28(9-3)10-4/h11-18H,7-10H2,1-6H3. The number of nitrogens with zero attached hydrogens (tertiary/aromatic N) is 4. The highest BCUT2D eigenvalue weighted by molar-refractivity contribution is 7.91. The number of sulfone groups is 1. The molecule has 2 aromatic rings. The van der Waals surface area contributed by atoms with Crippen molar-refractivity contribution in [1.29, 1.82) is 0 Å². The average Bonchev–Trinajstić information content (AvgIpc) is 2.76.